The van der Waals surface area contributed by atoms with Gasteiger partial charge in [-0.1, -0.05) is 11.2 Å². The Morgan fingerprint density at radius 2 is 1.74 bits per heavy atom. The highest BCUT2D eigenvalue weighted by Gasteiger charge is 2.27. The number of carbonyl (C=O) groups is 1. The number of aromatic nitrogens is 2. The Bertz CT molecular complexity index is 1540. The summed E-state index contributed by atoms with van der Waals surface area (Å²) in [7, 11) is 4.43. The minimum absolute atomic E-state index is 0.0749. The normalized spacial score (nSPS) is 11.6. The second-order valence-electron chi connectivity index (χ2n) is 8.48. The Labute approximate surface area is 222 Å². The molecule has 1 unspecified atom stereocenters. The van der Waals surface area contributed by atoms with Crippen molar-refractivity contribution >= 4 is 5.91 Å². The fraction of sp³-hybridized carbons (Fsp3) is 0.259. The van der Waals surface area contributed by atoms with E-state index >= 15 is 0 Å². The third kappa shape index (κ3) is 5.95. The van der Waals surface area contributed by atoms with Gasteiger partial charge in [0.25, 0.3) is 0 Å². The number of hydrogen-bond acceptors (Lipinski definition) is 11. The lowest BCUT2D eigenvalue weighted by molar-refractivity contribution is -0.121. The van der Waals surface area contributed by atoms with Gasteiger partial charge >= 0.3 is 0 Å². The molecule has 4 rings (SSSR count). The number of benzene rings is 2. The lowest BCUT2D eigenvalue weighted by Crippen LogP contribution is -2.25. The zero-order valence-electron chi connectivity index (χ0n) is 21.7. The maximum atomic E-state index is 13.0. The van der Waals surface area contributed by atoms with Crippen molar-refractivity contribution in [2.45, 2.75) is 25.8 Å². The van der Waals surface area contributed by atoms with Crippen LogP contribution in [0.3, 0.4) is 0 Å². The predicted octanol–water partition coefficient (Wildman–Crippen LogP) is 3.27. The fourth-order valence-electron chi connectivity index (χ4n) is 3.99. The summed E-state index contributed by atoms with van der Waals surface area (Å²) < 4.78 is 26.7. The highest BCUT2D eigenvalue weighted by molar-refractivity contribution is 5.77. The van der Waals surface area contributed by atoms with Gasteiger partial charge in [0, 0.05) is 18.1 Å². The van der Waals surface area contributed by atoms with E-state index in [4.69, 9.17) is 23.2 Å². The third-order valence-electron chi connectivity index (χ3n) is 5.93. The van der Waals surface area contributed by atoms with Crippen molar-refractivity contribution in [2.24, 2.45) is 0 Å². The Kier molecular flexibility index (Phi) is 8.04. The van der Waals surface area contributed by atoms with Crippen molar-refractivity contribution in [3.8, 4) is 40.1 Å². The number of phenols is 1. The standard InChI is InChI=1S/C27H27N3O9/c1-14-9-19(32)25(34)26(38-14)17(15-5-7-18(31)21(10-15)36-3)12-23(33)28-13-24-29-27(30-39-24)16-6-8-20(35-2)22(11-16)37-4/h5-11,17,31,34H,12-13H2,1-4H3,(H,28,33). The van der Waals surface area contributed by atoms with Crippen molar-refractivity contribution in [1.29, 1.82) is 0 Å². The molecule has 2 heterocycles. The van der Waals surface area contributed by atoms with E-state index in [1.807, 2.05) is 0 Å². The molecule has 12 heteroatoms. The number of rotatable bonds is 10. The van der Waals surface area contributed by atoms with Crippen LogP contribution in [-0.4, -0.2) is 47.6 Å². The molecule has 0 saturated heterocycles. The Hall–Kier alpha value is -5.00. The molecule has 2 aromatic carbocycles. The van der Waals surface area contributed by atoms with E-state index in [1.165, 1.54) is 33.5 Å². The number of methoxy groups -OCH3 is 3. The molecule has 0 saturated carbocycles. The topological polar surface area (TPSA) is 166 Å². The average molecular weight is 538 g/mol. The van der Waals surface area contributed by atoms with Crippen molar-refractivity contribution < 1.29 is 38.2 Å². The maximum absolute atomic E-state index is 13.0. The van der Waals surface area contributed by atoms with E-state index in [2.05, 4.69) is 15.5 Å². The number of carbonyl (C=O) groups excluding carboxylic acids is 1. The summed E-state index contributed by atoms with van der Waals surface area (Å²) >= 11 is 0. The van der Waals surface area contributed by atoms with E-state index in [0.717, 1.165) is 6.07 Å². The third-order valence-corrected chi connectivity index (χ3v) is 5.93. The molecule has 0 aliphatic heterocycles. The van der Waals surface area contributed by atoms with Gasteiger partial charge in [-0.3, -0.25) is 9.59 Å². The van der Waals surface area contributed by atoms with Crippen LogP contribution < -0.4 is 25.0 Å². The van der Waals surface area contributed by atoms with E-state index in [-0.39, 0.29) is 41.9 Å². The maximum Gasteiger partial charge on any atom is 0.246 e. The van der Waals surface area contributed by atoms with Crippen molar-refractivity contribution in [2.75, 3.05) is 21.3 Å². The van der Waals surface area contributed by atoms with E-state index in [0.29, 0.717) is 28.5 Å². The highest BCUT2D eigenvalue weighted by Crippen LogP contribution is 2.37. The zero-order valence-corrected chi connectivity index (χ0v) is 21.7. The molecule has 1 atom stereocenters. The van der Waals surface area contributed by atoms with Crippen LogP contribution in [-0.2, 0) is 11.3 Å². The largest absolute Gasteiger partial charge is 0.504 e. The van der Waals surface area contributed by atoms with Gasteiger partial charge in [0.15, 0.2) is 28.8 Å². The highest BCUT2D eigenvalue weighted by atomic mass is 16.5. The first kappa shape index (κ1) is 27.0. The minimum Gasteiger partial charge on any atom is -0.504 e. The number of ether oxygens (including phenoxy) is 3. The number of hydrogen-bond donors (Lipinski definition) is 3. The zero-order chi connectivity index (χ0) is 28.1. The number of nitrogens with zero attached hydrogens (tertiary/aromatic N) is 2. The quantitative estimate of drug-likeness (QED) is 0.272. The Morgan fingerprint density at radius 3 is 2.46 bits per heavy atom. The van der Waals surface area contributed by atoms with Crippen LogP contribution in [0.25, 0.3) is 11.4 Å². The summed E-state index contributed by atoms with van der Waals surface area (Å²) in [5.41, 5.74) is 0.455. The molecule has 0 bridgehead atoms. The number of amides is 1. The summed E-state index contributed by atoms with van der Waals surface area (Å²) in [4.78, 5) is 29.6. The molecular formula is C27H27N3O9. The van der Waals surface area contributed by atoms with Crippen LogP contribution in [0, 0.1) is 6.92 Å². The summed E-state index contributed by atoms with van der Waals surface area (Å²) in [5.74, 6) is -0.232. The summed E-state index contributed by atoms with van der Waals surface area (Å²) in [6.07, 6.45) is -0.218. The molecule has 3 N–H and O–H groups in total. The van der Waals surface area contributed by atoms with Crippen LogP contribution >= 0.6 is 0 Å². The second kappa shape index (κ2) is 11.6. The smallest absolute Gasteiger partial charge is 0.246 e. The Balaban J connectivity index is 1.54. The molecule has 0 fully saturated rings. The van der Waals surface area contributed by atoms with Gasteiger partial charge in [0.05, 0.1) is 33.8 Å². The van der Waals surface area contributed by atoms with Crippen molar-refractivity contribution in [3.63, 3.8) is 0 Å². The summed E-state index contributed by atoms with van der Waals surface area (Å²) in [5, 5.41) is 27.1. The van der Waals surface area contributed by atoms with Crippen molar-refractivity contribution in [3.05, 3.63) is 75.7 Å². The van der Waals surface area contributed by atoms with Gasteiger partial charge < -0.3 is 38.7 Å². The van der Waals surface area contributed by atoms with E-state index < -0.39 is 23.0 Å². The van der Waals surface area contributed by atoms with Gasteiger partial charge in [0.1, 0.15) is 5.76 Å². The molecule has 39 heavy (non-hydrogen) atoms. The van der Waals surface area contributed by atoms with Crippen LogP contribution in [0.15, 0.2) is 56.2 Å². The summed E-state index contributed by atoms with van der Waals surface area (Å²) in [6.45, 7) is 1.49. The lowest BCUT2D eigenvalue weighted by atomic mass is 9.91. The molecule has 12 nitrogen and oxygen atoms in total. The van der Waals surface area contributed by atoms with Crippen LogP contribution in [0.4, 0.5) is 0 Å². The molecule has 204 valence electrons. The first-order valence-electron chi connectivity index (χ1n) is 11.8. The van der Waals surface area contributed by atoms with E-state index in [1.54, 1.807) is 31.2 Å². The SMILES string of the molecule is COc1cc(C(CC(=O)NCc2nc(-c3ccc(OC)c(OC)c3)no2)c2oc(C)cc(=O)c2O)ccc1O. The summed E-state index contributed by atoms with van der Waals surface area (Å²) in [6, 6.07) is 10.7. The van der Waals surface area contributed by atoms with Gasteiger partial charge in [-0.05, 0) is 42.8 Å². The molecule has 0 aliphatic rings. The minimum atomic E-state index is -0.878. The molecule has 1 amide bonds. The van der Waals surface area contributed by atoms with Gasteiger partial charge in [-0.2, -0.15) is 4.98 Å². The van der Waals surface area contributed by atoms with Gasteiger partial charge in [-0.25, -0.2) is 0 Å². The molecule has 0 radical (unpaired) electrons. The number of phenolic OH excluding ortho intramolecular Hbond substituents is 1. The average Bonchev–Trinajstić information content (AvgIpc) is 3.42. The second-order valence-corrected chi connectivity index (χ2v) is 8.48. The number of nitrogens with one attached hydrogen (secondary N) is 1. The monoisotopic (exact) mass is 537 g/mol. The van der Waals surface area contributed by atoms with Crippen LogP contribution in [0.5, 0.6) is 28.7 Å². The molecule has 0 aliphatic carbocycles. The molecule has 2 aromatic heterocycles. The van der Waals surface area contributed by atoms with Gasteiger partial charge in [-0.15, -0.1) is 0 Å². The van der Waals surface area contributed by atoms with Crippen LogP contribution in [0.2, 0.25) is 0 Å². The lowest BCUT2D eigenvalue weighted by Gasteiger charge is -2.18. The number of aromatic hydroxyl groups is 2. The Morgan fingerprint density at radius 1 is 1.00 bits per heavy atom. The molecular weight excluding hydrogens is 510 g/mol. The molecule has 0 spiro atoms. The van der Waals surface area contributed by atoms with Crippen LogP contribution in [0.1, 0.15) is 35.3 Å². The van der Waals surface area contributed by atoms with E-state index in [9.17, 15) is 19.8 Å². The first-order valence-corrected chi connectivity index (χ1v) is 11.8. The van der Waals surface area contributed by atoms with Gasteiger partial charge in [0.2, 0.25) is 28.8 Å². The predicted molar refractivity (Wildman–Crippen MR) is 137 cm³/mol. The number of aryl methyl sites for hydroxylation is 1. The first-order chi connectivity index (χ1) is 18.7. The van der Waals surface area contributed by atoms with Crippen molar-refractivity contribution in [1.82, 2.24) is 15.5 Å². The fourth-order valence-corrected chi connectivity index (χ4v) is 3.99. The molecule has 4 aromatic rings.